The van der Waals surface area contributed by atoms with Crippen LogP contribution in [0.3, 0.4) is 0 Å². The normalized spacial score (nSPS) is 15.4. The van der Waals surface area contributed by atoms with Crippen LogP contribution in [0.5, 0.6) is 5.75 Å². The lowest BCUT2D eigenvalue weighted by molar-refractivity contribution is -0.122. The van der Waals surface area contributed by atoms with Crippen LogP contribution in [0.25, 0.3) is 0 Å². The van der Waals surface area contributed by atoms with E-state index in [-0.39, 0.29) is 24.5 Å². The monoisotopic (exact) mass is 557 g/mol. The van der Waals surface area contributed by atoms with Crippen molar-refractivity contribution >= 4 is 43.2 Å². The third-order valence-corrected chi connectivity index (χ3v) is 9.25. The topological polar surface area (TPSA) is 113 Å². The molecule has 0 aliphatic carbocycles. The van der Waals surface area contributed by atoms with E-state index in [1.54, 1.807) is 38.1 Å². The molecular weight excluding hydrogens is 526 g/mol. The number of anilines is 1. The second-order valence-corrected chi connectivity index (χ2v) is 12.9. The Hall–Kier alpha value is -2.34. The van der Waals surface area contributed by atoms with Crippen LogP contribution in [0.4, 0.5) is 5.69 Å². The van der Waals surface area contributed by atoms with E-state index in [9.17, 15) is 21.6 Å². The highest BCUT2D eigenvalue weighted by Gasteiger charge is 2.32. The third kappa shape index (κ3) is 6.70. The molecule has 2 aromatic rings. The maximum Gasteiger partial charge on any atom is 0.244 e. The molecule has 1 aliphatic heterocycles. The fourth-order valence-corrected chi connectivity index (χ4v) is 7.05. The number of benzene rings is 2. The van der Waals surface area contributed by atoms with Gasteiger partial charge >= 0.3 is 0 Å². The van der Waals surface area contributed by atoms with Crippen LogP contribution >= 0.6 is 11.6 Å². The molecule has 12 heteroatoms. The van der Waals surface area contributed by atoms with Crippen LogP contribution in [0.15, 0.2) is 47.4 Å². The van der Waals surface area contributed by atoms with Crippen molar-refractivity contribution in [3.63, 3.8) is 0 Å². The number of aryl methyl sites for hydroxylation is 1. The minimum Gasteiger partial charge on any atom is -0.492 e. The second kappa shape index (κ2) is 11.8. The fourth-order valence-electron chi connectivity index (χ4n) is 4.10. The highest BCUT2D eigenvalue weighted by molar-refractivity contribution is 7.92. The smallest absolute Gasteiger partial charge is 0.244 e. The van der Waals surface area contributed by atoms with Crippen molar-refractivity contribution in [3.05, 3.63) is 53.1 Å². The van der Waals surface area contributed by atoms with Crippen LogP contribution in [-0.2, 0) is 24.8 Å². The molecule has 3 rings (SSSR count). The standard InChI is InChI=1S/C24H32ClN3O6S2/c1-4-22(28(35(3,30)31)23-17-19(25)8-7-18(23)2)24(29)26-13-16-34-20-9-11-21(12-10-20)36(32,33)27-14-5-6-15-27/h7-12,17,22H,4-6,13-16H2,1-3H3,(H,26,29). The molecule has 0 saturated carbocycles. The molecule has 1 amide bonds. The Bertz CT molecular complexity index is 1280. The van der Waals surface area contributed by atoms with Crippen LogP contribution in [0, 0.1) is 6.92 Å². The summed E-state index contributed by atoms with van der Waals surface area (Å²) < 4.78 is 58.7. The lowest BCUT2D eigenvalue weighted by Gasteiger charge is -2.31. The molecule has 9 nitrogen and oxygen atoms in total. The number of ether oxygens (including phenoxy) is 1. The maximum atomic E-state index is 12.9. The van der Waals surface area contributed by atoms with Gasteiger partial charge in [-0.05, 0) is 68.1 Å². The van der Waals surface area contributed by atoms with Crippen LogP contribution in [-0.4, -0.2) is 65.6 Å². The Morgan fingerprint density at radius 2 is 1.75 bits per heavy atom. The van der Waals surface area contributed by atoms with Gasteiger partial charge in [0, 0.05) is 18.1 Å². The van der Waals surface area contributed by atoms with E-state index in [0.29, 0.717) is 35.1 Å². The quantitative estimate of drug-likeness (QED) is 0.425. The van der Waals surface area contributed by atoms with Gasteiger partial charge in [0.05, 0.1) is 23.4 Å². The molecule has 1 aliphatic rings. The van der Waals surface area contributed by atoms with E-state index in [1.165, 1.54) is 22.5 Å². The summed E-state index contributed by atoms with van der Waals surface area (Å²) in [5, 5.41) is 3.10. The highest BCUT2D eigenvalue weighted by Crippen LogP contribution is 2.29. The summed E-state index contributed by atoms with van der Waals surface area (Å²) in [7, 11) is -7.27. The van der Waals surface area contributed by atoms with Gasteiger partial charge < -0.3 is 10.1 Å². The maximum absolute atomic E-state index is 12.9. The van der Waals surface area contributed by atoms with Gasteiger partial charge in [0.15, 0.2) is 0 Å². The van der Waals surface area contributed by atoms with Gasteiger partial charge in [0.25, 0.3) is 0 Å². The first-order chi connectivity index (χ1) is 16.9. The van der Waals surface area contributed by atoms with Gasteiger partial charge in [-0.1, -0.05) is 24.6 Å². The van der Waals surface area contributed by atoms with Crippen molar-refractivity contribution in [2.24, 2.45) is 0 Å². The molecule has 1 unspecified atom stereocenters. The molecule has 0 bridgehead atoms. The number of halogens is 1. The Kier molecular flexibility index (Phi) is 9.26. The zero-order valence-corrected chi connectivity index (χ0v) is 23.0. The van der Waals surface area contributed by atoms with E-state index in [1.807, 2.05) is 0 Å². The van der Waals surface area contributed by atoms with Gasteiger partial charge in [0.2, 0.25) is 26.0 Å². The average molecular weight is 558 g/mol. The molecule has 198 valence electrons. The van der Waals surface area contributed by atoms with Crippen molar-refractivity contribution in [1.29, 1.82) is 0 Å². The molecule has 0 spiro atoms. The predicted octanol–water partition coefficient (Wildman–Crippen LogP) is 3.17. The van der Waals surface area contributed by atoms with Crippen molar-refractivity contribution in [2.75, 3.05) is 36.8 Å². The van der Waals surface area contributed by atoms with E-state index in [4.69, 9.17) is 16.3 Å². The Morgan fingerprint density at radius 1 is 1.11 bits per heavy atom. The Morgan fingerprint density at radius 3 is 2.33 bits per heavy atom. The highest BCUT2D eigenvalue weighted by atomic mass is 35.5. The van der Waals surface area contributed by atoms with Gasteiger partial charge in [-0.2, -0.15) is 4.31 Å². The van der Waals surface area contributed by atoms with Gasteiger partial charge in [-0.3, -0.25) is 9.10 Å². The zero-order chi connectivity index (χ0) is 26.5. The molecule has 1 saturated heterocycles. The first-order valence-electron chi connectivity index (χ1n) is 11.7. The van der Waals surface area contributed by atoms with Crippen molar-refractivity contribution in [3.8, 4) is 5.75 Å². The molecule has 2 aromatic carbocycles. The van der Waals surface area contributed by atoms with E-state index >= 15 is 0 Å². The first-order valence-corrected chi connectivity index (χ1v) is 15.4. The SMILES string of the molecule is CCC(C(=O)NCCOc1ccc(S(=O)(=O)N2CCCC2)cc1)N(c1cc(Cl)ccc1C)S(C)(=O)=O. The van der Waals surface area contributed by atoms with Gasteiger partial charge in [0.1, 0.15) is 18.4 Å². The summed E-state index contributed by atoms with van der Waals surface area (Å²) >= 11 is 6.09. The lowest BCUT2D eigenvalue weighted by atomic mass is 10.1. The molecular formula is C24H32ClN3O6S2. The van der Waals surface area contributed by atoms with Crippen LogP contribution in [0.1, 0.15) is 31.7 Å². The van der Waals surface area contributed by atoms with Gasteiger partial charge in [-0.15, -0.1) is 0 Å². The number of amides is 1. The summed E-state index contributed by atoms with van der Waals surface area (Å²) in [5.74, 6) is 0.00179. The summed E-state index contributed by atoms with van der Waals surface area (Å²) in [6.07, 6.45) is 3.04. The molecule has 0 aromatic heterocycles. The van der Waals surface area contributed by atoms with Crippen LogP contribution < -0.4 is 14.4 Å². The first kappa shape index (κ1) is 28.2. The number of carbonyl (C=O) groups is 1. The number of sulfonamides is 2. The van der Waals surface area contributed by atoms with E-state index in [2.05, 4.69) is 5.32 Å². The van der Waals surface area contributed by atoms with Crippen molar-refractivity contribution in [2.45, 2.75) is 44.0 Å². The van der Waals surface area contributed by atoms with E-state index < -0.39 is 32.0 Å². The van der Waals surface area contributed by atoms with Crippen molar-refractivity contribution < 1.29 is 26.4 Å². The summed E-state index contributed by atoms with van der Waals surface area (Å²) in [6, 6.07) is 10.1. The number of hydrogen-bond donors (Lipinski definition) is 1. The number of carbonyl (C=O) groups excluding carboxylic acids is 1. The molecule has 1 N–H and O–H groups in total. The summed E-state index contributed by atoms with van der Waals surface area (Å²) in [6.45, 7) is 4.81. The van der Waals surface area contributed by atoms with E-state index in [0.717, 1.165) is 23.4 Å². The fraction of sp³-hybridized carbons (Fsp3) is 0.458. The van der Waals surface area contributed by atoms with Gasteiger partial charge in [-0.25, -0.2) is 16.8 Å². The molecule has 1 atom stereocenters. The molecule has 1 heterocycles. The lowest BCUT2D eigenvalue weighted by Crippen LogP contribution is -2.50. The van der Waals surface area contributed by atoms with Crippen LogP contribution in [0.2, 0.25) is 5.02 Å². The molecule has 0 radical (unpaired) electrons. The Balaban J connectivity index is 1.60. The number of hydrogen-bond acceptors (Lipinski definition) is 6. The second-order valence-electron chi connectivity index (χ2n) is 8.64. The number of nitrogens with one attached hydrogen (secondary N) is 1. The average Bonchev–Trinajstić information content (AvgIpc) is 3.37. The van der Waals surface area contributed by atoms with Crippen molar-refractivity contribution in [1.82, 2.24) is 9.62 Å². The summed E-state index contributed by atoms with van der Waals surface area (Å²) in [4.78, 5) is 13.2. The predicted molar refractivity (Wildman–Crippen MR) is 141 cm³/mol. The third-order valence-electron chi connectivity index (χ3n) is 5.93. The molecule has 36 heavy (non-hydrogen) atoms. The summed E-state index contributed by atoms with van der Waals surface area (Å²) in [5.41, 5.74) is 1.03. The molecule has 1 fully saturated rings. The minimum atomic E-state index is -3.78. The largest absolute Gasteiger partial charge is 0.492 e. The number of nitrogens with zero attached hydrogens (tertiary/aromatic N) is 2. The number of rotatable bonds is 11. The minimum absolute atomic E-state index is 0.120. The zero-order valence-electron chi connectivity index (χ0n) is 20.6. The Labute approximate surface area is 218 Å².